The van der Waals surface area contributed by atoms with Gasteiger partial charge >= 0.3 is 0 Å². The maximum Gasteiger partial charge on any atom is 0.270 e. The maximum atomic E-state index is 13.0. The standard InChI is InChI=1S/C22H23N5O2/c28-20(27-22(8-13-29-14-9-22)21-24-10-4-11-25-21)19-15-18(7-12-23-19)26-16-17-5-2-1-3-6-17/h1-7,10-12,15H,8-9,13-14,16H2,(H,23,26)(H,27,28). The number of hydrogen-bond acceptors (Lipinski definition) is 6. The molecule has 3 aromatic rings. The molecule has 1 fully saturated rings. The summed E-state index contributed by atoms with van der Waals surface area (Å²) in [6, 6.07) is 15.5. The van der Waals surface area contributed by atoms with Gasteiger partial charge in [-0.05, 0) is 23.8 Å². The molecule has 3 heterocycles. The Morgan fingerprint density at radius 1 is 0.966 bits per heavy atom. The number of ether oxygens (including phenoxy) is 1. The minimum Gasteiger partial charge on any atom is -0.381 e. The molecule has 0 bridgehead atoms. The van der Waals surface area contributed by atoms with Gasteiger partial charge in [-0.1, -0.05) is 30.3 Å². The highest BCUT2D eigenvalue weighted by atomic mass is 16.5. The number of pyridine rings is 1. The molecule has 148 valence electrons. The summed E-state index contributed by atoms with van der Waals surface area (Å²) in [6.07, 6.45) is 6.26. The quantitative estimate of drug-likeness (QED) is 0.674. The van der Waals surface area contributed by atoms with Gasteiger partial charge in [0, 0.05) is 56.9 Å². The molecule has 1 aliphatic heterocycles. The van der Waals surface area contributed by atoms with Crippen LogP contribution in [0.5, 0.6) is 0 Å². The van der Waals surface area contributed by atoms with E-state index in [-0.39, 0.29) is 5.91 Å². The normalized spacial score (nSPS) is 15.4. The highest BCUT2D eigenvalue weighted by Crippen LogP contribution is 2.30. The van der Waals surface area contributed by atoms with Crippen LogP contribution in [0.2, 0.25) is 0 Å². The summed E-state index contributed by atoms with van der Waals surface area (Å²) >= 11 is 0. The number of benzene rings is 1. The summed E-state index contributed by atoms with van der Waals surface area (Å²) in [6.45, 7) is 1.76. The van der Waals surface area contributed by atoms with Crippen molar-refractivity contribution in [1.29, 1.82) is 0 Å². The van der Waals surface area contributed by atoms with Crippen LogP contribution >= 0.6 is 0 Å². The van der Waals surface area contributed by atoms with Crippen molar-refractivity contribution >= 4 is 11.6 Å². The number of anilines is 1. The first-order chi connectivity index (χ1) is 14.3. The van der Waals surface area contributed by atoms with E-state index < -0.39 is 5.54 Å². The van der Waals surface area contributed by atoms with Crippen LogP contribution in [0.25, 0.3) is 0 Å². The van der Waals surface area contributed by atoms with Gasteiger partial charge in [-0.2, -0.15) is 0 Å². The molecule has 2 N–H and O–H groups in total. The fraction of sp³-hybridized carbons (Fsp3) is 0.273. The zero-order valence-electron chi connectivity index (χ0n) is 16.0. The lowest BCUT2D eigenvalue weighted by Gasteiger charge is -2.36. The Morgan fingerprint density at radius 2 is 1.72 bits per heavy atom. The molecule has 2 aromatic heterocycles. The molecule has 1 amide bonds. The van der Waals surface area contributed by atoms with E-state index in [2.05, 4.69) is 37.7 Å². The molecule has 0 saturated carbocycles. The molecular weight excluding hydrogens is 366 g/mol. The molecule has 4 rings (SSSR count). The largest absolute Gasteiger partial charge is 0.381 e. The summed E-state index contributed by atoms with van der Waals surface area (Å²) in [7, 11) is 0. The number of rotatable bonds is 6. The van der Waals surface area contributed by atoms with Gasteiger partial charge < -0.3 is 15.4 Å². The Hall–Kier alpha value is -3.32. The van der Waals surface area contributed by atoms with E-state index in [0.29, 0.717) is 44.1 Å². The predicted octanol–water partition coefficient (Wildman–Crippen LogP) is 2.92. The molecule has 1 aromatic carbocycles. The third-order valence-corrected chi connectivity index (χ3v) is 5.03. The number of nitrogens with one attached hydrogen (secondary N) is 2. The second kappa shape index (κ2) is 8.79. The zero-order chi connectivity index (χ0) is 19.9. The maximum absolute atomic E-state index is 13.0. The van der Waals surface area contributed by atoms with Crippen molar-refractivity contribution in [2.24, 2.45) is 0 Å². The van der Waals surface area contributed by atoms with E-state index in [1.807, 2.05) is 24.3 Å². The Balaban J connectivity index is 1.50. The van der Waals surface area contributed by atoms with Gasteiger partial charge in [-0.3, -0.25) is 9.78 Å². The monoisotopic (exact) mass is 389 g/mol. The molecule has 1 aliphatic rings. The fourth-order valence-corrected chi connectivity index (χ4v) is 3.42. The average molecular weight is 389 g/mol. The molecule has 7 heteroatoms. The van der Waals surface area contributed by atoms with Gasteiger partial charge in [0.05, 0.1) is 0 Å². The molecule has 0 unspecified atom stereocenters. The molecule has 0 radical (unpaired) electrons. The molecule has 1 saturated heterocycles. The van der Waals surface area contributed by atoms with Crippen LogP contribution in [0.1, 0.15) is 34.7 Å². The minimum absolute atomic E-state index is 0.247. The number of carbonyl (C=O) groups excluding carboxylic acids is 1. The molecular formula is C22H23N5O2. The van der Waals surface area contributed by atoms with Crippen LogP contribution in [0.15, 0.2) is 67.1 Å². The van der Waals surface area contributed by atoms with Gasteiger partial charge in [0.25, 0.3) is 5.91 Å². The Bertz CT molecular complexity index is 944. The molecule has 0 aliphatic carbocycles. The Kier molecular flexibility index (Phi) is 5.76. The molecule has 0 atom stereocenters. The van der Waals surface area contributed by atoms with Gasteiger partial charge in [-0.15, -0.1) is 0 Å². The predicted molar refractivity (Wildman–Crippen MR) is 109 cm³/mol. The summed E-state index contributed by atoms with van der Waals surface area (Å²) in [5, 5.41) is 6.47. The van der Waals surface area contributed by atoms with Crippen LogP contribution in [0.4, 0.5) is 5.69 Å². The number of nitrogens with zero attached hydrogens (tertiary/aromatic N) is 3. The number of carbonyl (C=O) groups is 1. The van der Waals surface area contributed by atoms with Crippen LogP contribution in [-0.2, 0) is 16.8 Å². The van der Waals surface area contributed by atoms with E-state index in [4.69, 9.17) is 4.74 Å². The van der Waals surface area contributed by atoms with Gasteiger partial charge in [0.2, 0.25) is 0 Å². The van der Waals surface area contributed by atoms with Crippen molar-refractivity contribution in [2.75, 3.05) is 18.5 Å². The smallest absolute Gasteiger partial charge is 0.270 e. The topological polar surface area (TPSA) is 89.0 Å². The van der Waals surface area contributed by atoms with Gasteiger partial charge in [-0.25, -0.2) is 9.97 Å². The van der Waals surface area contributed by atoms with Crippen LogP contribution < -0.4 is 10.6 Å². The first-order valence-corrected chi connectivity index (χ1v) is 9.67. The zero-order valence-corrected chi connectivity index (χ0v) is 16.0. The van der Waals surface area contributed by atoms with E-state index >= 15 is 0 Å². The van der Waals surface area contributed by atoms with Crippen LogP contribution in [0, 0.1) is 0 Å². The van der Waals surface area contributed by atoms with Crippen molar-refractivity contribution in [3.8, 4) is 0 Å². The van der Waals surface area contributed by atoms with Crippen molar-refractivity contribution in [2.45, 2.75) is 24.9 Å². The van der Waals surface area contributed by atoms with E-state index in [0.717, 1.165) is 11.3 Å². The van der Waals surface area contributed by atoms with Crippen LogP contribution in [-0.4, -0.2) is 34.1 Å². The number of aromatic nitrogens is 3. The highest BCUT2D eigenvalue weighted by molar-refractivity contribution is 5.93. The van der Waals surface area contributed by atoms with Crippen LogP contribution in [0.3, 0.4) is 0 Å². The summed E-state index contributed by atoms with van der Waals surface area (Å²) in [5.74, 6) is 0.359. The fourth-order valence-electron chi connectivity index (χ4n) is 3.42. The van der Waals surface area contributed by atoms with Gasteiger partial charge in [0.15, 0.2) is 5.82 Å². The minimum atomic E-state index is -0.647. The SMILES string of the molecule is O=C(NC1(c2ncccn2)CCOCC1)c1cc(NCc2ccccc2)ccn1. The van der Waals surface area contributed by atoms with E-state index in [1.165, 1.54) is 0 Å². The van der Waals surface area contributed by atoms with Crippen molar-refractivity contribution in [1.82, 2.24) is 20.3 Å². The average Bonchev–Trinajstić information content (AvgIpc) is 2.80. The first-order valence-electron chi connectivity index (χ1n) is 9.67. The van der Waals surface area contributed by atoms with Crippen molar-refractivity contribution < 1.29 is 9.53 Å². The lowest BCUT2D eigenvalue weighted by Crippen LogP contribution is -2.50. The van der Waals surface area contributed by atoms with E-state index in [1.54, 1.807) is 30.7 Å². The van der Waals surface area contributed by atoms with Crippen molar-refractivity contribution in [3.63, 3.8) is 0 Å². The molecule has 29 heavy (non-hydrogen) atoms. The molecule has 7 nitrogen and oxygen atoms in total. The number of hydrogen-bond donors (Lipinski definition) is 2. The summed E-state index contributed by atoms with van der Waals surface area (Å²) in [5.41, 5.74) is 1.71. The number of amides is 1. The third kappa shape index (κ3) is 4.57. The highest BCUT2D eigenvalue weighted by Gasteiger charge is 2.39. The second-order valence-corrected chi connectivity index (χ2v) is 6.99. The third-order valence-electron chi connectivity index (χ3n) is 5.03. The van der Waals surface area contributed by atoms with Crippen molar-refractivity contribution in [3.05, 3.63) is 84.2 Å². The second-order valence-electron chi connectivity index (χ2n) is 6.99. The lowest BCUT2D eigenvalue weighted by atomic mass is 9.88. The first kappa shape index (κ1) is 19.0. The lowest BCUT2D eigenvalue weighted by molar-refractivity contribution is 0.0312. The Morgan fingerprint density at radius 3 is 2.48 bits per heavy atom. The summed E-state index contributed by atoms with van der Waals surface area (Å²) < 4.78 is 5.49. The Labute approximate surface area is 169 Å². The molecule has 0 spiro atoms. The van der Waals surface area contributed by atoms with Gasteiger partial charge in [0.1, 0.15) is 11.2 Å². The van der Waals surface area contributed by atoms with E-state index in [9.17, 15) is 4.79 Å². The summed E-state index contributed by atoms with van der Waals surface area (Å²) in [4.78, 5) is 26.1.